The second kappa shape index (κ2) is 9.24. The Kier molecular flexibility index (Phi) is 6.75. The lowest BCUT2D eigenvalue weighted by Gasteiger charge is -2.25. The maximum absolute atomic E-state index is 5.81. The zero-order valence-electron chi connectivity index (χ0n) is 14.8. The molecule has 0 spiro atoms. The Morgan fingerprint density at radius 1 is 1.38 bits per heavy atom. The van der Waals surface area contributed by atoms with Gasteiger partial charge in [0.1, 0.15) is 5.82 Å². The van der Waals surface area contributed by atoms with Gasteiger partial charge in [0.15, 0.2) is 0 Å². The molecule has 26 heavy (non-hydrogen) atoms. The van der Waals surface area contributed by atoms with E-state index in [0.717, 1.165) is 67.4 Å². The molecule has 138 valence electrons. The van der Waals surface area contributed by atoms with Crippen LogP contribution in [0.2, 0.25) is 0 Å². The van der Waals surface area contributed by atoms with Gasteiger partial charge in [-0.3, -0.25) is 14.9 Å². The fraction of sp³-hybridized carbons (Fsp3) is 0.389. The van der Waals surface area contributed by atoms with Gasteiger partial charge in [0.05, 0.1) is 53.7 Å². The molecule has 1 aliphatic heterocycles. The van der Waals surface area contributed by atoms with Gasteiger partial charge in [0.2, 0.25) is 0 Å². The van der Waals surface area contributed by atoms with Gasteiger partial charge in [-0.15, -0.1) is 0 Å². The third-order valence-electron chi connectivity index (χ3n) is 4.23. The van der Waals surface area contributed by atoms with Crippen molar-refractivity contribution in [2.45, 2.75) is 0 Å². The highest BCUT2D eigenvalue weighted by Crippen LogP contribution is 2.21. The lowest BCUT2D eigenvalue weighted by atomic mass is 10.1. The van der Waals surface area contributed by atoms with Crippen LogP contribution >= 0.6 is 22.9 Å². The summed E-state index contributed by atoms with van der Waals surface area (Å²) in [7, 11) is 1.96. The second-order valence-electron chi connectivity index (χ2n) is 6.02. The third-order valence-corrected chi connectivity index (χ3v) is 4.72. The van der Waals surface area contributed by atoms with E-state index in [9.17, 15) is 0 Å². The number of nitrogens with two attached hydrogens (primary N) is 1. The number of fused-ring (bicyclic) bond motifs is 1. The van der Waals surface area contributed by atoms with Gasteiger partial charge in [-0.1, -0.05) is 0 Å². The van der Waals surface area contributed by atoms with E-state index in [0.29, 0.717) is 0 Å². The highest BCUT2D eigenvalue weighted by molar-refractivity contribution is 14.1. The van der Waals surface area contributed by atoms with Crippen molar-refractivity contribution in [3.63, 3.8) is 0 Å². The molecule has 0 aliphatic carbocycles. The van der Waals surface area contributed by atoms with Crippen LogP contribution < -0.4 is 8.85 Å². The molecule has 2 N–H and O–H groups in total. The van der Waals surface area contributed by atoms with Crippen LogP contribution in [0.3, 0.4) is 0 Å². The van der Waals surface area contributed by atoms with Crippen molar-refractivity contribution in [3.8, 4) is 0 Å². The Hall–Kier alpha value is -1.78. The van der Waals surface area contributed by atoms with Crippen molar-refractivity contribution < 1.29 is 4.74 Å². The molecule has 0 amide bonds. The molecule has 0 saturated carbocycles. The number of halogens is 1. The Morgan fingerprint density at radius 2 is 2.19 bits per heavy atom. The first-order chi connectivity index (χ1) is 12.7. The number of hydrogen-bond acceptors (Lipinski definition) is 7. The second-order valence-corrected chi connectivity index (χ2v) is 7.47. The Balaban J connectivity index is 1.69. The van der Waals surface area contributed by atoms with Crippen molar-refractivity contribution in [2.24, 2.45) is 10.7 Å². The van der Waals surface area contributed by atoms with E-state index in [1.54, 1.807) is 6.20 Å². The van der Waals surface area contributed by atoms with Crippen LogP contribution in [-0.2, 0) is 4.74 Å². The molecule has 8 heteroatoms. The minimum absolute atomic E-state index is 0.736. The fourth-order valence-corrected chi connectivity index (χ4v) is 2.99. The molecule has 7 nitrogen and oxygen atoms in total. The van der Waals surface area contributed by atoms with Crippen LogP contribution in [0.5, 0.6) is 0 Å². The molecule has 3 rings (SSSR count). The number of aliphatic imine (C=N–C) groups is 1. The van der Waals surface area contributed by atoms with Crippen LogP contribution in [-0.4, -0.2) is 67.5 Å². The SMILES string of the molecule is CN(I)c1ccc2ncc(C(C=NCCN3CCOCC3)=CN)cc2n1. The van der Waals surface area contributed by atoms with Gasteiger partial charge in [0.25, 0.3) is 0 Å². The molecule has 3 heterocycles. The zero-order chi connectivity index (χ0) is 18.4. The van der Waals surface area contributed by atoms with E-state index in [-0.39, 0.29) is 0 Å². The summed E-state index contributed by atoms with van der Waals surface area (Å²) < 4.78 is 7.30. The topological polar surface area (TPSA) is 79.9 Å². The largest absolute Gasteiger partial charge is 0.404 e. The lowest BCUT2D eigenvalue weighted by molar-refractivity contribution is 0.0395. The summed E-state index contributed by atoms with van der Waals surface area (Å²) in [6.07, 6.45) is 5.19. The molecule has 0 bridgehead atoms. The summed E-state index contributed by atoms with van der Waals surface area (Å²) in [4.78, 5) is 16.0. The molecule has 0 radical (unpaired) electrons. The molecule has 0 aromatic carbocycles. The standard InChI is InChI=1S/C18H23IN6O/c1-24(19)18-3-2-16-17(23-18)10-14(13-22-16)15(11-20)12-21-4-5-25-6-8-26-9-7-25/h2-3,10-13H,4-9,20H2,1H3. The Bertz CT molecular complexity index is 801. The maximum atomic E-state index is 5.81. The number of pyridine rings is 2. The van der Waals surface area contributed by atoms with E-state index in [1.807, 2.05) is 40.8 Å². The first-order valence-electron chi connectivity index (χ1n) is 8.56. The summed E-state index contributed by atoms with van der Waals surface area (Å²) >= 11 is 2.20. The van der Waals surface area contributed by atoms with Crippen molar-refractivity contribution in [3.05, 3.63) is 36.2 Å². The van der Waals surface area contributed by atoms with Crippen LogP contribution in [0.1, 0.15) is 5.56 Å². The Labute approximate surface area is 167 Å². The molecule has 2 aromatic heterocycles. The summed E-state index contributed by atoms with van der Waals surface area (Å²) in [6.45, 7) is 5.23. The van der Waals surface area contributed by atoms with Gasteiger partial charge in [0, 0.05) is 56.4 Å². The first-order valence-corrected chi connectivity index (χ1v) is 9.52. The highest BCUT2D eigenvalue weighted by Gasteiger charge is 2.09. The monoisotopic (exact) mass is 466 g/mol. The van der Waals surface area contributed by atoms with Gasteiger partial charge >= 0.3 is 0 Å². The number of hydrogen-bond donors (Lipinski definition) is 1. The highest BCUT2D eigenvalue weighted by atomic mass is 127. The summed E-state index contributed by atoms with van der Waals surface area (Å²) in [5, 5.41) is 0. The van der Waals surface area contributed by atoms with E-state index >= 15 is 0 Å². The average molecular weight is 466 g/mol. The average Bonchev–Trinajstić information content (AvgIpc) is 2.68. The van der Waals surface area contributed by atoms with Crippen molar-refractivity contribution in [1.82, 2.24) is 14.9 Å². The molecule has 1 fully saturated rings. The third kappa shape index (κ3) is 4.89. The fourth-order valence-electron chi connectivity index (χ4n) is 2.73. The van der Waals surface area contributed by atoms with E-state index in [2.05, 4.69) is 42.7 Å². The smallest absolute Gasteiger partial charge is 0.137 e. The molecule has 2 aromatic rings. The summed E-state index contributed by atoms with van der Waals surface area (Å²) in [5.74, 6) is 0.884. The van der Waals surface area contributed by atoms with Gasteiger partial charge in [-0.2, -0.15) is 0 Å². The van der Waals surface area contributed by atoms with Crippen LogP contribution in [0, 0.1) is 0 Å². The van der Waals surface area contributed by atoms with E-state index in [4.69, 9.17) is 10.5 Å². The zero-order valence-corrected chi connectivity index (χ0v) is 17.0. The number of ether oxygens (including phenoxy) is 1. The first kappa shape index (κ1) is 19.0. The number of aromatic nitrogens is 2. The number of allylic oxidation sites excluding steroid dienone is 1. The minimum Gasteiger partial charge on any atom is -0.404 e. The van der Waals surface area contributed by atoms with Crippen LogP contribution in [0.15, 0.2) is 35.6 Å². The number of nitrogens with zero attached hydrogens (tertiary/aromatic N) is 5. The van der Waals surface area contributed by atoms with Gasteiger partial charge in [-0.05, 0) is 18.2 Å². The van der Waals surface area contributed by atoms with E-state index < -0.39 is 0 Å². The number of anilines is 1. The van der Waals surface area contributed by atoms with Crippen LogP contribution in [0.25, 0.3) is 16.6 Å². The molecule has 1 aliphatic rings. The predicted octanol–water partition coefficient (Wildman–Crippen LogP) is 2.12. The van der Waals surface area contributed by atoms with Gasteiger partial charge in [-0.25, -0.2) is 4.98 Å². The lowest BCUT2D eigenvalue weighted by Crippen LogP contribution is -2.37. The maximum Gasteiger partial charge on any atom is 0.137 e. The minimum atomic E-state index is 0.736. The molecular weight excluding hydrogens is 443 g/mol. The number of morpholine rings is 1. The van der Waals surface area contributed by atoms with Crippen molar-refractivity contribution in [1.29, 1.82) is 0 Å². The normalized spacial score (nSPS) is 16.5. The van der Waals surface area contributed by atoms with Crippen molar-refractivity contribution in [2.75, 3.05) is 49.6 Å². The quantitative estimate of drug-likeness (QED) is 0.399. The predicted molar refractivity (Wildman–Crippen MR) is 115 cm³/mol. The molecule has 1 saturated heterocycles. The summed E-state index contributed by atoms with van der Waals surface area (Å²) in [6, 6.07) is 5.92. The number of rotatable bonds is 6. The summed E-state index contributed by atoms with van der Waals surface area (Å²) in [5.41, 5.74) is 9.27. The van der Waals surface area contributed by atoms with Gasteiger partial charge < -0.3 is 13.6 Å². The van der Waals surface area contributed by atoms with E-state index in [1.165, 1.54) is 0 Å². The molecular formula is C18H23IN6O. The van der Waals surface area contributed by atoms with Crippen LogP contribution in [0.4, 0.5) is 5.82 Å². The van der Waals surface area contributed by atoms with Crippen molar-refractivity contribution >= 4 is 51.5 Å². The molecule has 0 atom stereocenters. The Morgan fingerprint density at radius 3 is 2.92 bits per heavy atom. The molecule has 0 unspecified atom stereocenters.